The number of amides is 3. The second kappa shape index (κ2) is 61.1. The van der Waals surface area contributed by atoms with E-state index in [0.29, 0.717) is 12.8 Å². The molecule has 7 fully saturated rings. The molecule has 14 unspecified atom stereocenters. The average molecular weight is 1880 g/mol. The fraction of sp³-hybridized carbons (Fsp3) is 0.922. The van der Waals surface area contributed by atoms with Gasteiger partial charge in [-0.2, -0.15) is 0 Å². The molecule has 0 aromatic carbocycles. The van der Waals surface area contributed by atoms with Gasteiger partial charge in [0, 0.05) is 20.3 Å². The van der Waals surface area contributed by atoms with E-state index in [0.717, 1.165) is 71.6 Å². The van der Waals surface area contributed by atoms with Crippen molar-refractivity contribution >= 4 is 17.7 Å². The third kappa shape index (κ3) is 34.8. The van der Waals surface area contributed by atoms with Crippen LogP contribution in [0.3, 0.4) is 0 Å². The maximum atomic E-state index is 13.7. The molecule has 7 saturated heterocycles. The highest BCUT2D eigenvalue weighted by molar-refractivity contribution is 5.76. The molecule has 7 aliphatic heterocycles. The number of allylic oxidation sites excluding steroid dienone is 3. The standard InChI is InChI=1S/C90H161N3O37/c1-6-8-10-12-14-16-18-20-21-22-23-24-25-26-27-28-29-31-33-35-37-39-41-43-62(103)93-54(55(102)42-40-38-36-34-32-30-19-17-15-13-11-9-7-2)50-117-87-73(112)71(110)77(59(47-97)122-87)126-88-74(113)72(111)78(60(48-98)123-88)127-90-76(115)82(130-85-63(91-52(4)100)69(108)66(105)56(44-94)119-85)79(61(49-99)124-90)128-86-64(92-53(5)101)80(67(106)57(45-95)120-86)129-89-75(114)81(68(107)58(46-96)121-89)125-83-70(109)65(104)51(3)118-84(83)116/h20-21,40,42,51,54-61,63-90,94-99,102,104-116H,6-19,22-39,41,43-50H2,1-5H3,(H,91,100)(H,92,101)(H,93,103)/b21-20-,42-40+/t51?,54-,55+,56?,57?,58?,59?,60?,61?,63?,64?,65+,66-,67-,68-,69+,70?,71+,72+,73?,74?,75?,76?,77+,78-,79-,80+,81-,82+,83-,84+,85-,86-,87+,88-,89-,90-/m0/s1. The van der Waals surface area contributed by atoms with Crippen LogP contribution in [0.2, 0.25) is 0 Å². The van der Waals surface area contributed by atoms with Crippen LogP contribution in [0.1, 0.15) is 253 Å². The third-order valence-electron chi connectivity index (χ3n) is 25.5. The molecule has 23 N–H and O–H groups in total. The predicted octanol–water partition coefficient (Wildman–Crippen LogP) is -0.675. The minimum atomic E-state index is -2.43. The van der Waals surface area contributed by atoms with E-state index in [1.807, 2.05) is 6.08 Å². The van der Waals surface area contributed by atoms with E-state index in [1.54, 1.807) is 6.08 Å². The number of nitrogens with one attached hydrogen (secondary N) is 3. The van der Waals surface area contributed by atoms with Crippen molar-refractivity contribution in [2.75, 3.05) is 46.2 Å². The van der Waals surface area contributed by atoms with Crippen LogP contribution in [-0.2, 0) is 80.7 Å². The Balaban J connectivity index is 1.01. The van der Waals surface area contributed by atoms with Crippen LogP contribution in [0.5, 0.6) is 0 Å². The van der Waals surface area contributed by atoms with Gasteiger partial charge in [-0.1, -0.05) is 205 Å². The summed E-state index contributed by atoms with van der Waals surface area (Å²) in [6.45, 7) is 0.830. The van der Waals surface area contributed by atoms with E-state index < -0.39 is 285 Å². The monoisotopic (exact) mass is 1880 g/mol. The number of ether oxygens (including phenoxy) is 14. The van der Waals surface area contributed by atoms with Gasteiger partial charge in [0.25, 0.3) is 0 Å². The largest absolute Gasteiger partial charge is 0.394 e. The van der Waals surface area contributed by atoms with Crippen molar-refractivity contribution in [3.05, 3.63) is 24.3 Å². The SMILES string of the molecule is CCCCCCCC/C=C\CCCCCCCCCCCCCCCC(=O)N[C@@H](CO[C@@H]1OC(CO)[C@@H](O[C@@H]2OC(CO)[C@H](O[C@@H]3OC(CO)[C@H](O[C@@H]4OC(CO)[C@H](O)[C@H](O[C@@H]5OC(CO)[C@H](O)[C@H](O[C@H]6C(O)[C@H](O)C(C)O[C@H]6O)C5O)C4NC(C)=O)[C@H](O[C@@H]4OC(CO)[C@H](O)[C@H](O)C4NC(C)=O)C3O)[C@H](O)C2O)[C@H](O)C1O)[C@H](O)/C=C/CCCCCCCCCCCCC. The Labute approximate surface area is 763 Å². The van der Waals surface area contributed by atoms with E-state index in [2.05, 4.69) is 41.9 Å². The first-order chi connectivity index (χ1) is 62.5. The summed E-state index contributed by atoms with van der Waals surface area (Å²) in [5.41, 5.74) is 0. The fourth-order valence-corrected chi connectivity index (χ4v) is 17.7. The molecule has 3 amide bonds. The van der Waals surface area contributed by atoms with Crippen LogP contribution in [-0.4, -0.2) is 393 Å². The van der Waals surface area contributed by atoms with Gasteiger partial charge in [-0.05, 0) is 51.9 Å². The lowest BCUT2D eigenvalue weighted by molar-refractivity contribution is -0.399. The van der Waals surface area contributed by atoms with E-state index in [-0.39, 0.29) is 12.3 Å². The van der Waals surface area contributed by atoms with Crippen molar-refractivity contribution in [2.45, 2.75) is 480 Å². The van der Waals surface area contributed by atoms with E-state index in [9.17, 15) is 117 Å². The van der Waals surface area contributed by atoms with Crippen molar-refractivity contribution in [3.8, 4) is 0 Å². The minimum absolute atomic E-state index is 0.157. The van der Waals surface area contributed by atoms with Gasteiger partial charge in [-0.15, -0.1) is 0 Å². The zero-order valence-corrected chi connectivity index (χ0v) is 76.5. The molecule has 0 aromatic heterocycles. The van der Waals surface area contributed by atoms with Crippen LogP contribution in [0.15, 0.2) is 24.3 Å². The van der Waals surface area contributed by atoms with Gasteiger partial charge in [-0.3, -0.25) is 14.4 Å². The molecule has 0 aliphatic carbocycles. The van der Waals surface area contributed by atoms with Crippen LogP contribution < -0.4 is 16.0 Å². The molecular weight excluding hydrogens is 1710 g/mol. The Morgan fingerprint density at radius 2 is 0.669 bits per heavy atom. The summed E-state index contributed by atoms with van der Waals surface area (Å²) in [5.74, 6) is -2.15. The molecule has 37 atom stereocenters. The van der Waals surface area contributed by atoms with Crippen LogP contribution in [0, 0.1) is 0 Å². The normalized spacial score (nSPS) is 37.3. The molecule has 0 spiro atoms. The zero-order valence-electron chi connectivity index (χ0n) is 76.5. The molecule has 130 heavy (non-hydrogen) atoms. The fourth-order valence-electron chi connectivity index (χ4n) is 17.7. The summed E-state index contributed by atoms with van der Waals surface area (Å²) in [6, 6.07) is -4.83. The first-order valence-corrected chi connectivity index (χ1v) is 48.0. The molecule has 7 rings (SSSR count). The number of hydrogen-bond acceptors (Lipinski definition) is 37. The van der Waals surface area contributed by atoms with Gasteiger partial charge in [0.2, 0.25) is 17.7 Å². The van der Waals surface area contributed by atoms with E-state index >= 15 is 0 Å². The van der Waals surface area contributed by atoms with Crippen molar-refractivity contribution < 1.29 is 183 Å². The third-order valence-corrected chi connectivity index (χ3v) is 25.5. The lowest BCUT2D eigenvalue weighted by atomic mass is 9.93. The summed E-state index contributed by atoms with van der Waals surface area (Å²) in [4.78, 5) is 39.7. The summed E-state index contributed by atoms with van der Waals surface area (Å²) in [6.07, 6.45) is -20.2. The molecule has 0 bridgehead atoms. The lowest BCUT2D eigenvalue weighted by Crippen LogP contribution is -2.71. The quantitative estimate of drug-likeness (QED) is 0.0265. The van der Waals surface area contributed by atoms with Crippen LogP contribution in [0.4, 0.5) is 0 Å². The molecule has 7 aliphatic rings. The second-order valence-corrected chi connectivity index (χ2v) is 35.9. The summed E-state index contributed by atoms with van der Waals surface area (Å²) in [7, 11) is 0. The van der Waals surface area contributed by atoms with Crippen molar-refractivity contribution in [2.24, 2.45) is 0 Å². The summed E-state index contributed by atoms with van der Waals surface area (Å²) >= 11 is 0. The molecule has 40 nitrogen and oxygen atoms in total. The van der Waals surface area contributed by atoms with Gasteiger partial charge < -0.3 is 184 Å². The Hall–Kier alpha value is -3.47. The predicted molar refractivity (Wildman–Crippen MR) is 462 cm³/mol. The maximum absolute atomic E-state index is 13.7. The Morgan fingerprint density at radius 1 is 0.323 bits per heavy atom. The van der Waals surface area contributed by atoms with Gasteiger partial charge in [0.15, 0.2) is 44.0 Å². The zero-order chi connectivity index (χ0) is 94.9. The second-order valence-electron chi connectivity index (χ2n) is 35.9. The smallest absolute Gasteiger partial charge is 0.220 e. The molecule has 0 radical (unpaired) electrons. The number of aliphatic hydroxyl groups excluding tert-OH is 20. The Kier molecular flexibility index (Phi) is 53.3. The molecule has 0 saturated carbocycles. The lowest BCUT2D eigenvalue weighted by Gasteiger charge is -2.52. The highest BCUT2D eigenvalue weighted by atomic mass is 16.8. The van der Waals surface area contributed by atoms with Crippen LogP contribution >= 0.6 is 0 Å². The number of unbranched alkanes of at least 4 members (excludes halogenated alkanes) is 30. The summed E-state index contributed by atoms with van der Waals surface area (Å²) in [5, 5.41) is 234. The Bertz CT molecular complexity index is 3110. The van der Waals surface area contributed by atoms with Gasteiger partial charge >= 0.3 is 0 Å². The first-order valence-electron chi connectivity index (χ1n) is 48.0. The van der Waals surface area contributed by atoms with E-state index in [1.165, 1.54) is 148 Å². The highest BCUT2D eigenvalue weighted by Crippen LogP contribution is 2.40. The van der Waals surface area contributed by atoms with Gasteiger partial charge in [-0.25, -0.2) is 0 Å². The van der Waals surface area contributed by atoms with Crippen LogP contribution in [0.25, 0.3) is 0 Å². The van der Waals surface area contributed by atoms with Gasteiger partial charge in [0.05, 0.1) is 64.5 Å². The number of hydrogen-bond donors (Lipinski definition) is 23. The van der Waals surface area contributed by atoms with Crippen molar-refractivity contribution in [1.82, 2.24) is 16.0 Å². The molecule has 0 aromatic rings. The maximum Gasteiger partial charge on any atom is 0.220 e. The van der Waals surface area contributed by atoms with E-state index in [4.69, 9.17) is 66.3 Å². The number of carbonyl (C=O) groups is 3. The average Bonchev–Trinajstić information content (AvgIpc) is 0.756. The minimum Gasteiger partial charge on any atom is -0.394 e. The number of carbonyl (C=O) groups excluding carboxylic acids is 3. The molecular formula is C90H161N3O37. The number of aliphatic hydroxyl groups is 20. The molecule has 40 heteroatoms. The van der Waals surface area contributed by atoms with Crippen molar-refractivity contribution in [3.63, 3.8) is 0 Å². The van der Waals surface area contributed by atoms with Crippen molar-refractivity contribution in [1.29, 1.82) is 0 Å². The molecule has 7 heterocycles. The molecule has 758 valence electrons. The summed E-state index contributed by atoms with van der Waals surface area (Å²) < 4.78 is 83.9. The topological polar surface area (TPSA) is 621 Å². The Morgan fingerprint density at radius 3 is 1.14 bits per heavy atom. The highest BCUT2D eigenvalue weighted by Gasteiger charge is 2.60. The first kappa shape index (κ1) is 114. The number of rotatable bonds is 61. The van der Waals surface area contributed by atoms with Gasteiger partial charge in [0.1, 0.15) is 165 Å².